The molecule has 0 unspecified atom stereocenters. The lowest BCUT2D eigenvalue weighted by molar-refractivity contribution is -0.128. The third kappa shape index (κ3) is 1.68. The lowest BCUT2D eigenvalue weighted by atomic mass is 10.1. The SMILES string of the molecule is CN1C[C@]2(COC(=O)c3ccccc3)C[C@@H]2C1=O. The number of amides is 1. The summed E-state index contributed by atoms with van der Waals surface area (Å²) in [5.74, 6) is -0.0468. The molecular formula is C14H15NO3. The van der Waals surface area contributed by atoms with Crippen LogP contribution in [0.3, 0.4) is 0 Å². The van der Waals surface area contributed by atoms with Crippen molar-refractivity contribution in [3.05, 3.63) is 35.9 Å². The predicted molar refractivity (Wildman–Crippen MR) is 64.9 cm³/mol. The average Bonchev–Trinajstić information content (AvgIpc) is 3.04. The maximum absolute atomic E-state index is 11.8. The Morgan fingerprint density at radius 3 is 2.78 bits per heavy atom. The van der Waals surface area contributed by atoms with E-state index in [0.29, 0.717) is 18.7 Å². The van der Waals surface area contributed by atoms with Crippen LogP contribution in [0.5, 0.6) is 0 Å². The predicted octanol–water partition coefficient (Wildman–Crippen LogP) is 1.32. The van der Waals surface area contributed by atoms with Crippen molar-refractivity contribution in [1.82, 2.24) is 4.90 Å². The molecule has 1 aliphatic heterocycles. The van der Waals surface area contributed by atoms with E-state index in [1.807, 2.05) is 18.2 Å². The summed E-state index contributed by atoms with van der Waals surface area (Å²) in [6, 6.07) is 8.94. The fourth-order valence-electron chi connectivity index (χ4n) is 2.76. The molecule has 1 heterocycles. The van der Waals surface area contributed by atoms with Gasteiger partial charge in [0.25, 0.3) is 0 Å². The van der Waals surface area contributed by atoms with Crippen LogP contribution >= 0.6 is 0 Å². The molecule has 0 bridgehead atoms. The van der Waals surface area contributed by atoms with Gasteiger partial charge < -0.3 is 9.64 Å². The molecule has 0 N–H and O–H groups in total. The minimum Gasteiger partial charge on any atom is -0.461 e. The van der Waals surface area contributed by atoms with Gasteiger partial charge in [0, 0.05) is 24.9 Å². The number of hydrogen-bond donors (Lipinski definition) is 0. The highest BCUT2D eigenvalue weighted by Crippen LogP contribution is 2.58. The second kappa shape index (κ2) is 3.83. The molecule has 2 fully saturated rings. The number of rotatable bonds is 3. The van der Waals surface area contributed by atoms with Crippen LogP contribution in [0.15, 0.2) is 30.3 Å². The topological polar surface area (TPSA) is 46.6 Å². The Labute approximate surface area is 106 Å². The van der Waals surface area contributed by atoms with E-state index in [0.717, 1.165) is 6.42 Å². The first-order chi connectivity index (χ1) is 8.62. The minimum atomic E-state index is -0.308. The molecule has 0 aromatic heterocycles. The number of benzene rings is 1. The first-order valence-corrected chi connectivity index (χ1v) is 6.10. The minimum absolute atomic E-state index is 0.0751. The molecule has 1 saturated heterocycles. The zero-order valence-electron chi connectivity index (χ0n) is 10.3. The van der Waals surface area contributed by atoms with Crippen LogP contribution in [-0.4, -0.2) is 37.0 Å². The molecule has 1 aromatic carbocycles. The molecule has 1 aromatic rings. The maximum Gasteiger partial charge on any atom is 0.338 e. The number of nitrogens with zero attached hydrogens (tertiary/aromatic N) is 1. The third-order valence-electron chi connectivity index (χ3n) is 3.92. The Hall–Kier alpha value is -1.84. The average molecular weight is 245 g/mol. The molecule has 2 aliphatic rings. The lowest BCUT2D eigenvalue weighted by Gasteiger charge is -2.16. The molecule has 1 saturated carbocycles. The summed E-state index contributed by atoms with van der Waals surface area (Å²) in [5.41, 5.74) is 0.458. The van der Waals surface area contributed by atoms with E-state index in [1.54, 1.807) is 24.1 Å². The molecule has 4 heteroatoms. The Kier molecular flexibility index (Phi) is 2.40. The van der Waals surface area contributed by atoms with E-state index >= 15 is 0 Å². The van der Waals surface area contributed by atoms with Crippen LogP contribution in [-0.2, 0) is 9.53 Å². The summed E-state index contributed by atoms with van der Waals surface area (Å²) < 4.78 is 5.34. The van der Waals surface area contributed by atoms with E-state index in [-0.39, 0.29) is 23.2 Å². The Bertz CT molecular complexity index is 499. The van der Waals surface area contributed by atoms with Gasteiger partial charge in [-0.25, -0.2) is 4.79 Å². The van der Waals surface area contributed by atoms with Gasteiger partial charge in [0.15, 0.2) is 0 Å². The summed E-state index contributed by atoms with van der Waals surface area (Å²) in [4.78, 5) is 25.2. The van der Waals surface area contributed by atoms with Gasteiger partial charge in [-0.3, -0.25) is 4.79 Å². The van der Waals surface area contributed by atoms with Gasteiger partial charge in [-0.05, 0) is 18.6 Å². The molecule has 18 heavy (non-hydrogen) atoms. The molecule has 2 atom stereocenters. The quantitative estimate of drug-likeness (QED) is 0.755. The number of ether oxygens (including phenoxy) is 1. The highest BCUT2D eigenvalue weighted by molar-refractivity contribution is 5.89. The van der Waals surface area contributed by atoms with Gasteiger partial charge in [-0.1, -0.05) is 18.2 Å². The van der Waals surface area contributed by atoms with Crippen molar-refractivity contribution in [2.24, 2.45) is 11.3 Å². The van der Waals surface area contributed by atoms with Crippen molar-refractivity contribution in [1.29, 1.82) is 0 Å². The Morgan fingerprint density at radius 1 is 1.44 bits per heavy atom. The van der Waals surface area contributed by atoms with Crippen molar-refractivity contribution >= 4 is 11.9 Å². The van der Waals surface area contributed by atoms with Crippen LogP contribution in [0.4, 0.5) is 0 Å². The van der Waals surface area contributed by atoms with Crippen molar-refractivity contribution in [2.45, 2.75) is 6.42 Å². The number of likely N-dealkylation sites (tertiary alicyclic amines) is 1. The number of esters is 1. The smallest absolute Gasteiger partial charge is 0.338 e. The largest absolute Gasteiger partial charge is 0.461 e. The van der Waals surface area contributed by atoms with Gasteiger partial charge in [0.1, 0.15) is 0 Å². The van der Waals surface area contributed by atoms with Crippen LogP contribution < -0.4 is 0 Å². The summed E-state index contributed by atoms with van der Waals surface area (Å²) in [6.45, 7) is 1.06. The second-order valence-corrected chi connectivity index (χ2v) is 5.26. The monoisotopic (exact) mass is 245 g/mol. The highest BCUT2D eigenvalue weighted by atomic mass is 16.5. The zero-order chi connectivity index (χ0) is 12.8. The first-order valence-electron chi connectivity index (χ1n) is 6.10. The van der Waals surface area contributed by atoms with Crippen molar-refractivity contribution < 1.29 is 14.3 Å². The molecule has 4 nitrogen and oxygen atoms in total. The van der Waals surface area contributed by atoms with Crippen LogP contribution in [0.25, 0.3) is 0 Å². The molecule has 1 amide bonds. The first kappa shape index (κ1) is 11.3. The third-order valence-corrected chi connectivity index (χ3v) is 3.92. The molecular weight excluding hydrogens is 230 g/mol. The maximum atomic E-state index is 11.8. The fraction of sp³-hybridized carbons (Fsp3) is 0.429. The van der Waals surface area contributed by atoms with Gasteiger partial charge in [0.05, 0.1) is 12.2 Å². The van der Waals surface area contributed by atoms with Crippen LogP contribution in [0, 0.1) is 11.3 Å². The van der Waals surface area contributed by atoms with E-state index in [2.05, 4.69) is 0 Å². The Morgan fingerprint density at radius 2 is 2.17 bits per heavy atom. The summed E-state index contributed by atoms with van der Waals surface area (Å²) in [5, 5.41) is 0. The standard InChI is InChI=1S/C14H15NO3/c1-15-8-14(7-11(14)12(15)16)9-18-13(17)10-5-3-2-4-6-10/h2-6,11H,7-9H2,1H3/t11-,14+/m1/s1. The van der Waals surface area contributed by atoms with E-state index in [4.69, 9.17) is 4.74 Å². The molecule has 0 radical (unpaired) electrons. The summed E-state index contributed by atoms with van der Waals surface area (Å²) >= 11 is 0. The number of hydrogen-bond acceptors (Lipinski definition) is 3. The lowest BCUT2D eigenvalue weighted by Crippen LogP contribution is -2.26. The normalized spacial score (nSPS) is 29.1. The number of carbonyl (C=O) groups is 2. The second-order valence-electron chi connectivity index (χ2n) is 5.26. The zero-order valence-corrected chi connectivity index (χ0v) is 10.3. The van der Waals surface area contributed by atoms with E-state index in [9.17, 15) is 9.59 Å². The van der Waals surface area contributed by atoms with E-state index < -0.39 is 0 Å². The summed E-state index contributed by atoms with van der Waals surface area (Å²) in [7, 11) is 1.80. The van der Waals surface area contributed by atoms with Crippen LogP contribution in [0.1, 0.15) is 16.8 Å². The number of piperidine rings is 1. The molecule has 0 spiro atoms. The fourth-order valence-corrected chi connectivity index (χ4v) is 2.76. The van der Waals surface area contributed by atoms with E-state index in [1.165, 1.54) is 0 Å². The summed E-state index contributed by atoms with van der Waals surface area (Å²) in [6.07, 6.45) is 0.859. The molecule has 94 valence electrons. The number of fused-ring (bicyclic) bond motifs is 1. The molecule has 1 aliphatic carbocycles. The highest BCUT2D eigenvalue weighted by Gasteiger charge is 2.65. The van der Waals surface area contributed by atoms with Crippen molar-refractivity contribution in [2.75, 3.05) is 20.2 Å². The van der Waals surface area contributed by atoms with Crippen molar-refractivity contribution in [3.63, 3.8) is 0 Å². The van der Waals surface area contributed by atoms with Gasteiger partial charge >= 0.3 is 5.97 Å². The Balaban J connectivity index is 1.61. The van der Waals surface area contributed by atoms with Crippen LogP contribution in [0.2, 0.25) is 0 Å². The van der Waals surface area contributed by atoms with Gasteiger partial charge in [-0.2, -0.15) is 0 Å². The van der Waals surface area contributed by atoms with Crippen molar-refractivity contribution in [3.8, 4) is 0 Å². The molecule has 3 rings (SSSR count). The number of carbonyl (C=O) groups excluding carboxylic acids is 2. The van der Waals surface area contributed by atoms with Gasteiger partial charge in [0.2, 0.25) is 5.91 Å². The van der Waals surface area contributed by atoms with Gasteiger partial charge in [-0.15, -0.1) is 0 Å².